The van der Waals surface area contributed by atoms with Crippen LogP contribution in [0.25, 0.3) is 0 Å². The maximum absolute atomic E-state index is 11.6. The number of hydrogen-bond acceptors (Lipinski definition) is 5. The highest BCUT2D eigenvalue weighted by atomic mass is 79.9. The lowest BCUT2D eigenvalue weighted by atomic mass is 10.5. The molecule has 7 heteroatoms. The van der Waals surface area contributed by atoms with Gasteiger partial charge in [-0.1, -0.05) is 0 Å². The van der Waals surface area contributed by atoms with Gasteiger partial charge in [0.2, 0.25) is 0 Å². The molecule has 0 bridgehead atoms. The molecule has 5 nitrogen and oxygen atoms in total. The van der Waals surface area contributed by atoms with Crippen LogP contribution in [-0.2, 0) is 0 Å². The second kappa shape index (κ2) is 4.67. The molecule has 0 fully saturated rings. The van der Waals surface area contributed by atoms with Crippen molar-refractivity contribution in [2.45, 2.75) is 6.92 Å². The molecule has 2 heterocycles. The minimum absolute atomic E-state index is 0.272. The van der Waals surface area contributed by atoms with Crippen LogP contribution in [-0.4, -0.2) is 20.9 Å². The lowest BCUT2D eigenvalue weighted by Gasteiger charge is -2.03. The summed E-state index contributed by atoms with van der Waals surface area (Å²) in [4.78, 5) is 23.7. The summed E-state index contributed by atoms with van der Waals surface area (Å²) in [7, 11) is 0. The number of aryl methyl sites for hydroxylation is 1. The van der Waals surface area contributed by atoms with Crippen molar-refractivity contribution in [3.05, 3.63) is 33.1 Å². The van der Waals surface area contributed by atoms with Crippen LogP contribution in [0.3, 0.4) is 0 Å². The minimum atomic E-state index is -0.272. The molecule has 16 heavy (non-hydrogen) atoms. The molecule has 2 rings (SSSR count). The van der Waals surface area contributed by atoms with E-state index in [1.807, 2.05) is 0 Å². The zero-order chi connectivity index (χ0) is 11.5. The Morgan fingerprint density at radius 1 is 1.50 bits per heavy atom. The van der Waals surface area contributed by atoms with Gasteiger partial charge in [0.25, 0.3) is 5.91 Å². The van der Waals surface area contributed by atoms with Crippen molar-refractivity contribution in [2.75, 3.05) is 5.32 Å². The van der Waals surface area contributed by atoms with Crippen molar-refractivity contribution < 1.29 is 4.79 Å². The molecule has 0 unspecified atom stereocenters. The van der Waals surface area contributed by atoms with Gasteiger partial charge in [-0.3, -0.25) is 4.79 Å². The number of amides is 1. The predicted octanol–water partition coefficient (Wildman–Crippen LogP) is 2.26. The van der Waals surface area contributed by atoms with Crippen LogP contribution < -0.4 is 5.32 Å². The quantitative estimate of drug-likeness (QED) is 0.923. The highest BCUT2D eigenvalue weighted by Gasteiger charge is 2.10. The number of anilines is 1. The molecule has 0 aliphatic rings. The fourth-order valence-corrected chi connectivity index (χ4v) is 1.75. The second-order valence-electron chi connectivity index (χ2n) is 2.92. The Kier molecular flexibility index (Phi) is 3.25. The summed E-state index contributed by atoms with van der Waals surface area (Å²) < 4.78 is 0.666. The van der Waals surface area contributed by atoms with E-state index in [9.17, 15) is 4.79 Å². The van der Waals surface area contributed by atoms with Gasteiger partial charge in [-0.05, 0) is 22.9 Å². The molecule has 2 aromatic heterocycles. The van der Waals surface area contributed by atoms with Gasteiger partial charge in [-0.25, -0.2) is 15.0 Å². The first kappa shape index (κ1) is 11.2. The maximum atomic E-state index is 11.6. The molecular weight excluding hydrogens is 292 g/mol. The SMILES string of the molecule is Cc1nc(NC(=O)c2nccs2)cnc1Br. The highest BCUT2D eigenvalue weighted by molar-refractivity contribution is 9.10. The van der Waals surface area contributed by atoms with E-state index < -0.39 is 0 Å². The molecule has 0 aliphatic carbocycles. The number of halogens is 1. The van der Waals surface area contributed by atoms with Crippen molar-refractivity contribution in [1.82, 2.24) is 15.0 Å². The first-order chi connectivity index (χ1) is 7.66. The van der Waals surface area contributed by atoms with E-state index >= 15 is 0 Å². The topological polar surface area (TPSA) is 67.8 Å². The van der Waals surface area contributed by atoms with Gasteiger partial charge in [-0.2, -0.15) is 0 Å². The van der Waals surface area contributed by atoms with Crippen LogP contribution in [0.5, 0.6) is 0 Å². The van der Waals surface area contributed by atoms with Crippen LogP contribution in [0.1, 0.15) is 15.5 Å². The predicted molar refractivity (Wildman–Crippen MR) is 64.5 cm³/mol. The van der Waals surface area contributed by atoms with Gasteiger partial charge < -0.3 is 5.32 Å². The molecule has 0 spiro atoms. The van der Waals surface area contributed by atoms with Crippen LogP contribution in [0.2, 0.25) is 0 Å². The number of nitrogens with zero attached hydrogens (tertiary/aromatic N) is 3. The number of carbonyl (C=O) groups is 1. The molecule has 0 atom stereocenters. The normalized spacial score (nSPS) is 10.1. The fourth-order valence-electron chi connectivity index (χ4n) is 1.03. The summed E-state index contributed by atoms with van der Waals surface area (Å²) in [5.41, 5.74) is 0.719. The van der Waals surface area contributed by atoms with Crippen molar-refractivity contribution in [1.29, 1.82) is 0 Å². The summed E-state index contributed by atoms with van der Waals surface area (Å²) in [5.74, 6) is 0.145. The number of hydrogen-bond donors (Lipinski definition) is 1. The molecule has 1 amide bonds. The van der Waals surface area contributed by atoms with Gasteiger partial charge in [0.15, 0.2) is 10.8 Å². The lowest BCUT2D eigenvalue weighted by Crippen LogP contribution is -2.13. The van der Waals surface area contributed by atoms with Crippen molar-refractivity contribution >= 4 is 39.0 Å². The summed E-state index contributed by atoms with van der Waals surface area (Å²) >= 11 is 4.51. The van der Waals surface area contributed by atoms with Crippen LogP contribution in [0.15, 0.2) is 22.4 Å². The number of thiazole rings is 1. The van der Waals surface area contributed by atoms with E-state index in [4.69, 9.17) is 0 Å². The smallest absolute Gasteiger partial charge is 0.285 e. The van der Waals surface area contributed by atoms with Gasteiger partial charge in [0.05, 0.1) is 11.9 Å². The summed E-state index contributed by atoms with van der Waals surface area (Å²) in [6, 6.07) is 0. The molecule has 0 aromatic carbocycles. The maximum Gasteiger partial charge on any atom is 0.285 e. The Morgan fingerprint density at radius 3 is 2.94 bits per heavy atom. The molecule has 0 aliphatic heterocycles. The van der Waals surface area contributed by atoms with Crippen LogP contribution >= 0.6 is 27.3 Å². The van der Waals surface area contributed by atoms with Crippen LogP contribution in [0.4, 0.5) is 5.82 Å². The Balaban J connectivity index is 2.15. The molecular formula is C9H7BrN4OS. The standard InChI is InChI=1S/C9H7BrN4OS/c1-5-7(10)12-4-6(13-5)14-8(15)9-11-2-3-16-9/h2-4H,1H3,(H,13,14,15). The minimum Gasteiger partial charge on any atom is -0.303 e. The Hall–Kier alpha value is -1.34. The average Bonchev–Trinajstić information content (AvgIpc) is 2.77. The Labute approximate surface area is 104 Å². The van der Waals surface area contributed by atoms with Crippen LogP contribution in [0, 0.1) is 6.92 Å². The second-order valence-corrected chi connectivity index (χ2v) is 4.57. The molecule has 82 valence electrons. The lowest BCUT2D eigenvalue weighted by molar-refractivity contribution is 0.102. The largest absolute Gasteiger partial charge is 0.303 e. The number of rotatable bonds is 2. The number of carbonyl (C=O) groups excluding carboxylic acids is 1. The zero-order valence-electron chi connectivity index (χ0n) is 8.27. The average molecular weight is 299 g/mol. The van der Waals surface area contributed by atoms with E-state index in [1.54, 1.807) is 18.5 Å². The third kappa shape index (κ3) is 2.42. The zero-order valence-corrected chi connectivity index (χ0v) is 10.7. The Morgan fingerprint density at radius 2 is 2.31 bits per heavy atom. The molecule has 0 saturated heterocycles. The molecule has 2 aromatic rings. The third-order valence-electron chi connectivity index (χ3n) is 1.76. The van der Waals surface area contributed by atoms with Crippen molar-refractivity contribution in [3.8, 4) is 0 Å². The van der Waals surface area contributed by atoms with Crippen molar-refractivity contribution in [2.24, 2.45) is 0 Å². The molecule has 0 radical (unpaired) electrons. The fraction of sp³-hybridized carbons (Fsp3) is 0.111. The summed E-state index contributed by atoms with van der Waals surface area (Å²) in [6.07, 6.45) is 3.07. The van der Waals surface area contributed by atoms with E-state index in [-0.39, 0.29) is 5.91 Å². The van der Waals surface area contributed by atoms with Gasteiger partial charge in [0, 0.05) is 11.6 Å². The number of nitrogens with one attached hydrogen (secondary N) is 1. The highest BCUT2D eigenvalue weighted by Crippen LogP contribution is 2.13. The van der Waals surface area contributed by atoms with Gasteiger partial charge in [0.1, 0.15) is 4.60 Å². The van der Waals surface area contributed by atoms with E-state index in [0.29, 0.717) is 15.4 Å². The first-order valence-electron chi connectivity index (χ1n) is 4.37. The summed E-state index contributed by atoms with van der Waals surface area (Å²) in [6.45, 7) is 1.80. The van der Waals surface area contributed by atoms with Crippen molar-refractivity contribution in [3.63, 3.8) is 0 Å². The molecule has 1 N–H and O–H groups in total. The van der Waals surface area contributed by atoms with Gasteiger partial charge in [-0.15, -0.1) is 11.3 Å². The van der Waals surface area contributed by atoms with E-state index in [1.165, 1.54) is 17.5 Å². The van der Waals surface area contributed by atoms with E-state index in [0.717, 1.165) is 5.69 Å². The van der Waals surface area contributed by atoms with E-state index in [2.05, 4.69) is 36.2 Å². The third-order valence-corrected chi connectivity index (χ3v) is 3.31. The Bertz CT molecular complexity index is 514. The first-order valence-corrected chi connectivity index (χ1v) is 6.04. The van der Waals surface area contributed by atoms with Gasteiger partial charge >= 0.3 is 0 Å². The monoisotopic (exact) mass is 298 g/mol. The summed E-state index contributed by atoms with van der Waals surface area (Å²) in [5, 5.41) is 4.78. The molecule has 0 saturated carbocycles. The number of aromatic nitrogens is 3.